The Hall–Kier alpha value is -1.08. The summed E-state index contributed by atoms with van der Waals surface area (Å²) in [5.41, 5.74) is 0. The molecule has 1 amide bonds. The van der Waals surface area contributed by atoms with Crippen LogP contribution in [0.1, 0.15) is 40.0 Å². The Balaban J connectivity index is 3.92. The Morgan fingerprint density at radius 3 is 2.62 bits per heavy atom. The first-order valence-corrected chi connectivity index (χ1v) is 6.06. The summed E-state index contributed by atoms with van der Waals surface area (Å²) in [6, 6.07) is 1.86. The van der Waals surface area contributed by atoms with Crippen LogP contribution in [-0.2, 0) is 4.79 Å². The summed E-state index contributed by atoms with van der Waals surface area (Å²) in [6.07, 6.45) is 3.32. The van der Waals surface area contributed by atoms with E-state index in [2.05, 4.69) is 18.3 Å². The first-order chi connectivity index (χ1) is 7.67. The van der Waals surface area contributed by atoms with Crippen molar-refractivity contribution in [1.82, 2.24) is 10.2 Å². The van der Waals surface area contributed by atoms with E-state index in [9.17, 15) is 4.79 Å². The van der Waals surface area contributed by atoms with Crippen molar-refractivity contribution < 1.29 is 4.79 Å². The average molecular weight is 225 g/mol. The van der Waals surface area contributed by atoms with E-state index in [1.54, 1.807) is 0 Å². The monoisotopic (exact) mass is 225 g/mol. The zero-order valence-electron chi connectivity index (χ0n) is 10.6. The zero-order valence-corrected chi connectivity index (χ0v) is 10.6. The summed E-state index contributed by atoms with van der Waals surface area (Å²) in [6.45, 7) is 7.70. The summed E-state index contributed by atoms with van der Waals surface area (Å²) < 4.78 is 0. The Morgan fingerprint density at radius 1 is 1.44 bits per heavy atom. The molecular formula is C12H23N3O. The van der Waals surface area contributed by atoms with E-state index in [1.165, 1.54) is 0 Å². The van der Waals surface area contributed by atoms with Gasteiger partial charge in [0, 0.05) is 6.54 Å². The standard InChI is InChI=1S/C12H23N3O/c1-4-6-7-9-14-12(16)11(3)15(5-2)10-8-13/h11H,4-7,9-10H2,1-3H3,(H,14,16). The maximum Gasteiger partial charge on any atom is 0.237 e. The minimum Gasteiger partial charge on any atom is -0.355 e. The highest BCUT2D eigenvalue weighted by Gasteiger charge is 2.18. The van der Waals surface area contributed by atoms with E-state index < -0.39 is 0 Å². The van der Waals surface area contributed by atoms with Gasteiger partial charge in [-0.2, -0.15) is 5.26 Å². The molecule has 1 N–H and O–H groups in total. The number of unbranched alkanes of at least 4 members (excludes halogenated alkanes) is 2. The van der Waals surface area contributed by atoms with Gasteiger partial charge in [0.05, 0.1) is 18.7 Å². The molecule has 0 heterocycles. The van der Waals surface area contributed by atoms with Crippen molar-refractivity contribution in [2.75, 3.05) is 19.6 Å². The molecule has 92 valence electrons. The van der Waals surface area contributed by atoms with Gasteiger partial charge < -0.3 is 5.32 Å². The molecular weight excluding hydrogens is 202 g/mol. The summed E-state index contributed by atoms with van der Waals surface area (Å²) in [5, 5.41) is 11.5. The van der Waals surface area contributed by atoms with Crippen molar-refractivity contribution in [3.63, 3.8) is 0 Å². The average Bonchev–Trinajstić information content (AvgIpc) is 2.30. The molecule has 4 nitrogen and oxygen atoms in total. The van der Waals surface area contributed by atoms with E-state index in [1.807, 2.05) is 18.7 Å². The summed E-state index contributed by atoms with van der Waals surface area (Å²) in [4.78, 5) is 13.6. The first-order valence-electron chi connectivity index (χ1n) is 6.06. The summed E-state index contributed by atoms with van der Waals surface area (Å²) in [5.74, 6) is 0.0215. The van der Waals surface area contributed by atoms with Crippen molar-refractivity contribution in [1.29, 1.82) is 5.26 Å². The van der Waals surface area contributed by atoms with Crippen LogP contribution >= 0.6 is 0 Å². The lowest BCUT2D eigenvalue weighted by molar-refractivity contribution is -0.125. The Morgan fingerprint density at radius 2 is 2.12 bits per heavy atom. The molecule has 0 saturated heterocycles. The third-order valence-corrected chi connectivity index (χ3v) is 2.69. The largest absolute Gasteiger partial charge is 0.355 e. The molecule has 0 rings (SSSR count). The predicted octanol–water partition coefficient (Wildman–Crippen LogP) is 1.53. The van der Waals surface area contributed by atoms with Crippen molar-refractivity contribution in [2.24, 2.45) is 0 Å². The molecule has 0 radical (unpaired) electrons. The summed E-state index contributed by atoms with van der Waals surface area (Å²) in [7, 11) is 0. The van der Waals surface area contributed by atoms with E-state index >= 15 is 0 Å². The number of hydrogen-bond acceptors (Lipinski definition) is 3. The lowest BCUT2D eigenvalue weighted by atomic mass is 10.2. The number of carbonyl (C=O) groups is 1. The third kappa shape index (κ3) is 5.72. The van der Waals surface area contributed by atoms with Gasteiger partial charge >= 0.3 is 0 Å². The number of amides is 1. The van der Waals surface area contributed by atoms with E-state index in [0.717, 1.165) is 32.4 Å². The smallest absolute Gasteiger partial charge is 0.237 e. The second-order valence-corrected chi connectivity index (χ2v) is 3.90. The molecule has 16 heavy (non-hydrogen) atoms. The Labute approximate surface area is 98.6 Å². The van der Waals surface area contributed by atoms with Gasteiger partial charge in [-0.05, 0) is 19.9 Å². The molecule has 0 aromatic heterocycles. The second-order valence-electron chi connectivity index (χ2n) is 3.90. The molecule has 0 spiro atoms. The highest BCUT2D eigenvalue weighted by Crippen LogP contribution is 1.98. The fourth-order valence-corrected chi connectivity index (χ4v) is 1.51. The fraction of sp³-hybridized carbons (Fsp3) is 0.833. The maximum atomic E-state index is 11.7. The molecule has 0 aliphatic carbocycles. The van der Waals surface area contributed by atoms with Gasteiger partial charge in [-0.15, -0.1) is 0 Å². The van der Waals surface area contributed by atoms with Gasteiger partial charge in [0.2, 0.25) is 5.91 Å². The Kier molecular flexibility index (Phi) is 8.55. The van der Waals surface area contributed by atoms with Crippen LogP contribution in [0.25, 0.3) is 0 Å². The van der Waals surface area contributed by atoms with Gasteiger partial charge in [-0.25, -0.2) is 0 Å². The van der Waals surface area contributed by atoms with Crippen LogP contribution in [0.5, 0.6) is 0 Å². The highest BCUT2D eigenvalue weighted by molar-refractivity contribution is 5.81. The van der Waals surface area contributed by atoms with Gasteiger partial charge in [0.25, 0.3) is 0 Å². The van der Waals surface area contributed by atoms with Crippen LogP contribution in [0.4, 0.5) is 0 Å². The number of nitrogens with zero attached hydrogens (tertiary/aromatic N) is 2. The van der Waals surface area contributed by atoms with Gasteiger partial charge in [0.1, 0.15) is 0 Å². The Bertz CT molecular complexity index is 235. The number of likely N-dealkylation sites (N-methyl/N-ethyl adjacent to an activating group) is 1. The zero-order chi connectivity index (χ0) is 12.4. The minimum absolute atomic E-state index is 0.0215. The van der Waals surface area contributed by atoms with Gasteiger partial charge in [0.15, 0.2) is 0 Å². The SMILES string of the molecule is CCCCCNC(=O)C(C)N(CC)CC#N. The van der Waals surface area contributed by atoms with Gasteiger partial charge in [-0.1, -0.05) is 26.7 Å². The van der Waals surface area contributed by atoms with Crippen molar-refractivity contribution in [3.8, 4) is 6.07 Å². The minimum atomic E-state index is -0.216. The quantitative estimate of drug-likeness (QED) is 0.503. The molecule has 0 aromatic carbocycles. The van der Waals surface area contributed by atoms with Crippen LogP contribution in [0.15, 0.2) is 0 Å². The molecule has 1 atom stereocenters. The number of rotatable bonds is 8. The van der Waals surface area contributed by atoms with E-state index in [-0.39, 0.29) is 11.9 Å². The van der Waals surface area contributed by atoms with E-state index in [4.69, 9.17) is 5.26 Å². The van der Waals surface area contributed by atoms with Crippen LogP contribution in [0.3, 0.4) is 0 Å². The van der Waals surface area contributed by atoms with Crippen LogP contribution < -0.4 is 5.32 Å². The molecule has 0 fully saturated rings. The number of carbonyl (C=O) groups excluding carboxylic acids is 1. The number of nitriles is 1. The summed E-state index contributed by atoms with van der Waals surface area (Å²) >= 11 is 0. The number of hydrogen-bond donors (Lipinski definition) is 1. The van der Waals surface area contributed by atoms with Crippen molar-refractivity contribution in [3.05, 3.63) is 0 Å². The lowest BCUT2D eigenvalue weighted by Crippen LogP contribution is -2.45. The van der Waals surface area contributed by atoms with Gasteiger partial charge in [-0.3, -0.25) is 9.69 Å². The molecule has 0 aliphatic heterocycles. The molecule has 0 aliphatic rings. The van der Waals surface area contributed by atoms with E-state index in [0.29, 0.717) is 6.54 Å². The number of nitrogens with one attached hydrogen (secondary N) is 1. The molecule has 4 heteroatoms. The van der Waals surface area contributed by atoms with Crippen LogP contribution in [-0.4, -0.2) is 36.5 Å². The predicted molar refractivity (Wildman–Crippen MR) is 64.9 cm³/mol. The third-order valence-electron chi connectivity index (χ3n) is 2.69. The van der Waals surface area contributed by atoms with Crippen LogP contribution in [0.2, 0.25) is 0 Å². The van der Waals surface area contributed by atoms with Crippen molar-refractivity contribution >= 4 is 5.91 Å². The maximum absolute atomic E-state index is 11.7. The molecule has 0 bridgehead atoms. The fourth-order valence-electron chi connectivity index (χ4n) is 1.51. The first kappa shape index (κ1) is 14.9. The van der Waals surface area contributed by atoms with Crippen LogP contribution in [0, 0.1) is 11.3 Å². The second kappa shape index (κ2) is 9.17. The molecule has 1 unspecified atom stereocenters. The lowest BCUT2D eigenvalue weighted by Gasteiger charge is -2.24. The normalized spacial score (nSPS) is 12.2. The van der Waals surface area contributed by atoms with Crippen molar-refractivity contribution in [2.45, 2.75) is 46.1 Å². The molecule has 0 aromatic rings. The molecule has 0 saturated carbocycles. The topological polar surface area (TPSA) is 56.1 Å². The highest BCUT2D eigenvalue weighted by atomic mass is 16.2.